The predicted molar refractivity (Wildman–Crippen MR) is 154 cm³/mol. The Kier molecular flexibility index (Phi) is 6.66. The van der Waals surface area contributed by atoms with Crippen LogP contribution in [0.15, 0.2) is 64.0 Å². The molecule has 1 atom stereocenters. The van der Waals surface area contributed by atoms with Gasteiger partial charge < -0.3 is 10.2 Å². The highest BCUT2D eigenvalue weighted by Gasteiger charge is 2.33. The van der Waals surface area contributed by atoms with Gasteiger partial charge in [0.2, 0.25) is 5.95 Å². The predicted octanol–water partition coefficient (Wildman–Crippen LogP) is 4.31. The van der Waals surface area contributed by atoms with Crippen molar-refractivity contribution in [1.82, 2.24) is 29.5 Å². The number of hydrogen-bond donors (Lipinski definition) is 1. The molecular formula is C30H29BrN6O3. The van der Waals surface area contributed by atoms with Gasteiger partial charge in [-0.05, 0) is 87.2 Å². The van der Waals surface area contributed by atoms with Gasteiger partial charge in [0.1, 0.15) is 0 Å². The van der Waals surface area contributed by atoms with Crippen molar-refractivity contribution in [2.24, 2.45) is 0 Å². The molecule has 10 heteroatoms. The van der Waals surface area contributed by atoms with Gasteiger partial charge in [-0.2, -0.15) is 5.10 Å². The van der Waals surface area contributed by atoms with E-state index in [1.54, 1.807) is 45.5 Å². The lowest BCUT2D eigenvalue weighted by Gasteiger charge is -2.34. The first-order chi connectivity index (χ1) is 19.2. The largest absolute Gasteiger partial charge is 0.355 e. The van der Waals surface area contributed by atoms with E-state index in [2.05, 4.69) is 21.2 Å². The fourth-order valence-corrected chi connectivity index (χ4v) is 5.45. The van der Waals surface area contributed by atoms with Crippen molar-refractivity contribution in [1.29, 1.82) is 0 Å². The van der Waals surface area contributed by atoms with E-state index in [4.69, 9.17) is 10.1 Å². The van der Waals surface area contributed by atoms with Crippen molar-refractivity contribution in [2.45, 2.75) is 51.6 Å². The summed E-state index contributed by atoms with van der Waals surface area (Å²) in [5.41, 5.74) is 4.59. The topological polar surface area (TPSA) is 102 Å². The van der Waals surface area contributed by atoms with Crippen LogP contribution in [0.4, 0.5) is 0 Å². The summed E-state index contributed by atoms with van der Waals surface area (Å²) in [6.45, 7) is 4.13. The van der Waals surface area contributed by atoms with E-state index in [0.29, 0.717) is 46.4 Å². The molecule has 0 unspecified atom stereocenters. The molecule has 2 aromatic carbocycles. The van der Waals surface area contributed by atoms with E-state index >= 15 is 0 Å². The van der Waals surface area contributed by atoms with E-state index in [9.17, 15) is 14.4 Å². The lowest BCUT2D eigenvalue weighted by molar-refractivity contribution is 0.0652. The molecule has 204 valence electrons. The third-order valence-corrected chi connectivity index (χ3v) is 8.58. The Bertz CT molecular complexity index is 1700. The molecule has 0 radical (unpaired) electrons. The Morgan fingerprint density at radius 1 is 1.05 bits per heavy atom. The SMILES string of the molecule is CNC(=O)c1ccc(-n2c(-n3ccc(C4CC4)n3)nc3c(c2=O)C[C@H](C)N(C(=O)c2ccc(Br)c(C)c2)C3)cc1. The van der Waals surface area contributed by atoms with Crippen LogP contribution in [0.25, 0.3) is 11.6 Å². The first-order valence-corrected chi connectivity index (χ1v) is 14.1. The Balaban J connectivity index is 1.45. The van der Waals surface area contributed by atoms with Crippen LogP contribution < -0.4 is 10.9 Å². The number of amides is 2. The summed E-state index contributed by atoms with van der Waals surface area (Å²) in [5.74, 6) is 0.489. The molecule has 0 bridgehead atoms. The van der Waals surface area contributed by atoms with Crippen LogP contribution in [0.1, 0.15) is 68.9 Å². The first-order valence-electron chi connectivity index (χ1n) is 13.4. The molecule has 1 fully saturated rings. The summed E-state index contributed by atoms with van der Waals surface area (Å²) in [6.07, 6.45) is 4.42. The number of hydrogen-bond acceptors (Lipinski definition) is 5. The molecule has 40 heavy (non-hydrogen) atoms. The van der Waals surface area contributed by atoms with Crippen LogP contribution in [0.5, 0.6) is 0 Å². The number of rotatable bonds is 5. The third-order valence-electron chi connectivity index (χ3n) is 7.69. The Hall–Kier alpha value is -4.05. The van der Waals surface area contributed by atoms with Gasteiger partial charge in [-0.3, -0.25) is 14.4 Å². The van der Waals surface area contributed by atoms with E-state index < -0.39 is 0 Å². The van der Waals surface area contributed by atoms with Crippen LogP contribution >= 0.6 is 15.9 Å². The third kappa shape index (κ3) is 4.66. The fourth-order valence-electron chi connectivity index (χ4n) is 5.20. The van der Waals surface area contributed by atoms with Gasteiger partial charge in [0.15, 0.2) is 0 Å². The smallest absolute Gasteiger partial charge is 0.263 e. The standard InChI is InChI=1S/C30H29BrN6O3/c1-17-14-21(8-11-24(17)31)28(39)35-16-26-23(15-18(35)2)29(40)37(22-9-6-20(7-10-22)27(38)32-3)30(33-26)36-13-12-25(34-36)19-4-5-19/h6-14,18-19H,4-5,15-16H2,1-3H3,(H,32,38)/t18-/m0/s1. The molecule has 1 aliphatic carbocycles. The Labute approximate surface area is 240 Å². The second-order valence-corrected chi connectivity index (χ2v) is 11.4. The minimum Gasteiger partial charge on any atom is -0.355 e. The average Bonchev–Trinajstić information content (AvgIpc) is 3.70. The number of carbonyl (C=O) groups excluding carboxylic acids is 2. The molecule has 2 aromatic heterocycles. The van der Waals surface area contributed by atoms with Crippen molar-refractivity contribution in [2.75, 3.05) is 7.05 Å². The maximum absolute atomic E-state index is 14.1. The molecule has 0 saturated heterocycles. The van der Waals surface area contributed by atoms with E-state index in [1.165, 1.54) is 0 Å². The van der Waals surface area contributed by atoms with Crippen molar-refractivity contribution in [3.8, 4) is 11.6 Å². The van der Waals surface area contributed by atoms with Gasteiger partial charge >= 0.3 is 0 Å². The van der Waals surface area contributed by atoms with Crippen LogP contribution in [0.3, 0.4) is 0 Å². The summed E-state index contributed by atoms with van der Waals surface area (Å²) in [5, 5.41) is 7.37. The lowest BCUT2D eigenvalue weighted by atomic mass is 9.98. The van der Waals surface area contributed by atoms with Gasteiger partial charge in [0, 0.05) is 46.4 Å². The molecule has 6 rings (SSSR count). The zero-order valence-electron chi connectivity index (χ0n) is 22.5. The van der Waals surface area contributed by atoms with Crippen molar-refractivity contribution in [3.63, 3.8) is 0 Å². The quantitative estimate of drug-likeness (QED) is 0.368. The number of benzene rings is 2. The summed E-state index contributed by atoms with van der Waals surface area (Å²) < 4.78 is 4.14. The highest BCUT2D eigenvalue weighted by Crippen LogP contribution is 2.39. The maximum Gasteiger partial charge on any atom is 0.263 e. The van der Waals surface area contributed by atoms with Crippen molar-refractivity contribution >= 4 is 27.7 Å². The van der Waals surface area contributed by atoms with Gasteiger partial charge in [-0.25, -0.2) is 14.2 Å². The minimum atomic E-state index is -0.205. The number of carbonyl (C=O) groups is 2. The normalized spacial score (nSPS) is 16.5. The molecule has 4 aromatic rings. The summed E-state index contributed by atoms with van der Waals surface area (Å²) in [4.78, 5) is 46.5. The number of nitrogens with one attached hydrogen (secondary N) is 1. The molecule has 0 spiro atoms. The molecule has 3 heterocycles. The van der Waals surface area contributed by atoms with Crippen LogP contribution in [0, 0.1) is 6.92 Å². The van der Waals surface area contributed by atoms with E-state index in [0.717, 1.165) is 28.6 Å². The van der Waals surface area contributed by atoms with Gasteiger partial charge in [-0.15, -0.1) is 0 Å². The molecule has 9 nitrogen and oxygen atoms in total. The highest BCUT2D eigenvalue weighted by molar-refractivity contribution is 9.10. The monoisotopic (exact) mass is 600 g/mol. The first kappa shape index (κ1) is 26.2. The fraction of sp³-hybridized carbons (Fsp3) is 0.300. The van der Waals surface area contributed by atoms with Gasteiger partial charge in [0.05, 0.1) is 23.6 Å². The van der Waals surface area contributed by atoms with Crippen molar-refractivity contribution in [3.05, 3.63) is 103 Å². The minimum absolute atomic E-state index is 0.0961. The molecule has 2 amide bonds. The maximum atomic E-state index is 14.1. The molecule has 1 saturated carbocycles. The number of aromatic nitrogens is 4. The highest BCUT2D eigenvalue weighted by atomic mass is 79.9. The van der Waals surface area contributed by atoms with Crippen LogP contribution in [-0.4, -0.2) is 49.1 Å². The molecular weight excluding hydrogens is 572 g/mol. The molecule has 2 aliphatic rings. The average molecular weight is 602 g/mol. The van der Waals surface area contributed by atoms with Crippen LogP contribution in [0.2, 0.25) is 0 Å². The molecule has 1 N–H and O–H groups in total. The number of fused-ring (bicyclic) bond motifs is 1. The van der Waals surface area contributed by atoms with E-state index in [1.807, 2.05) is 44.3 Å². The zero-order valence-corrected chi connectivity index (χ0v) is 24.1. The van der Waals surface area contributed by atoms with Gasteiger partial charge in [-0.1, -0.05) is 15.9 Å². The number of halogens is 1. The second kappa shape index (κ2) is 10.2. The second-order valence-electron chi connectivity index (χ2n) is 10.5. The lowest BCUT2D eigenvalue weighted by Crippen LogP contribution is -2.46. The van der Waals surface area contributed by atoms with Gasteiger partial charge in [0.25, 0.3) is 17.4 Å². The molecule has 1 aliphatic heterocycles. The Morgan fingerprint density at radius 3 is 2.45 bits per heavy atom. The van der Waals surface area contributed by atoms with Crippen LogP contribution in [-0.2, 0) is 13.0 Å². The summed E-state index contributed by atoms with van der Waals surface area (Å²) in [6, 6.07) is 14.2. The summed E-state index contributed by atoms with van der Waals surface area (Å²) in [7, 11) is 1.58. The number of nitrogens with zero attached hydrogens (tertiary/aromatic N) is 5. The zero-order chi connectivity index (χ0) is 28.1. The van der Waals surface area contributed by atoms with Crippen molar-refractivity contribution < 1.29 is 9.59 Å². The summed E-state index contributed by atoms with van der Waals surface area (Å²) >= 11 is 3.50. The van der Waals surface area contributed by atoms with E-state index in [-0.39, 0.29) is 30.0 Å². The number of aryl methyl sites for hydroxylation is 1. The Morgan fingerprint density at radius 2 is 1.77 bits per heavy atom.